The van der Waals surface area contributed by atoms with Gasteiger partial charge in [-0.25, -0.2) is 0 Å². The molecule has 1 saturated carbocycles. The lowest BCUT2D eigenvalue weighted by molar-refractivity contribution is 0.108. The average Bonchev–Trinajstić information content (AvgIpc) is 3.08. The summed E-state index contributed by atoms with van der Waals surface area (Å²) < 4.78 is 5.53. The highest BCUT2D eigenvalue weighted by molar-refractivity contribution is 4.85. The van der Waals surface area contributed by atoms with E-state index in [4.69, 9.17) is 4.74 Å². The highest BCUT2D eigenvalue weighted by Gasteiger charge is 2.29. The van der Waals surface area contributed by atoms with Crippen molar-refractivity contribution in [2.75, 3.05) is 59.5 Å². The van der Waals surface area contributed by atoms with Crippen molar-refractivity contribution in [3.63, 3.8) is 0 Å². The third kappa shape index (κ3) is 3.91. The number of rotatable bonds is 6. The molecule has 19 heavy (non-hydrogen) atoms. The van der Waals surface area contributed by atoms with Crippen LogP contribution in [-0.2, 0) is 4.74 Å². The molecule has 2 saturated heterocycles. The van der Waals surface area contributed by atoms with Gasteiger partial charge in [-0.05, 0) is 32.2 Å². The van der Waals surface area contributed by atoms with Gasteiger partial charge in [0.05, 0.1) is 6.61 Å². The lowest BCUT2D eigenvalue weighted by atomic mass is 9.98. The Balaban J connectivity index is 1.39. The Bertz CT molecular complexity index is 269. The summed E-state index contributed by atoms with van der Waals surface area (Å²) in [5, 5.41) is 3.51. The summed E-state index contributed by atoms with van der Waals surface area (Å²) in [5.41, 5.74) is 0. The second-order valence-electron chi connectivity index (χ2n) is 6.56. The third-order valence-electron chi connectivity index (χ3n) is 5.04. The quantitative estimate of drug-likeness (QED) is 0.764. The van der Waals surface area contributed by atoms with Crippen molar-refractivity contribution in [2.24, 2.45) is 11.8 Å². The Labute approximate surface area is 117 Å². The van der Waals surface area contributed by atoms with E-state index in [2.05, 4.69) is 22.2 Å². The van der Waals surface area contributed by atoms with E-state index >= 15 is 0 Å². The summed E-state index contributed by atoms with van der Waals surface area (Å²) in [5.74, 6) is 1.75. The zero-order valence-corrected chi connectivity index (χ0v) is 12.3. The molecule has 110 valence electrons. The van der Waals surface area contributed by atoms with Crippen molar-refractivity contribution >= 4 is 0 Å². The fraction of sp³-hybridized carbons (Fsp3) is 1.00. The molecule has 0 aromatic heterocycles. The molecule has 1 aliphatic carbocycles. The van der Waals surface area contributed by atoms with Gasteiger partial charge in [0.25, 0.3) is 0 Å². The molecule has 0 spiro atoms. The number of hydrogen-bond acceptors (Lipinski definition) is 4. The van der Waals surface area contributed by atoms with E-state index < -0.39 is 0 Å². The van der Waals surface area contributed by atoms with Crippen molar-refractivity contribution < 1.29 is 4.74 Å². The van der Waals surface area contributed by atoms with E-state index in [1.807, 2.05) is 0 Å². The average molecular weight is 267 g/mol. The summed E-state index contributed by atoms with van der Waals surface area (Å²) in [6, 6.07) is 0.609. The molecule has 0 aromatic rings. The first-order valence-corrected chi connectivity index (χ1v) is 8.05. The van der Waals surface area contributed by atoms with Crippen LogP contribution in [0.3, 0.4) is 0 Å². The predicted molar refractivity (Wildman–Crippen MR) is 77.4 cm³/mol. The van der Waals surface area contributed by atoms with Gasteiger partial charge in [0.1, 0.15) is 0 Å². The van der Waals surface area contributed by atoms with Gasteiger partial charge >= 0.3 is 0 Å². The van der Waals surface area contributed by atoms with Gasteiger partial charge in [-0.2, -0.15) is 0 Å². The van der Waals surface area contributed by atoms with E-state index in [9.17, 15) is 0 Å². The maximum atomic E-state index is 5.53. The smallest absolute Gasteiger partial charge is 0.0510 e. The van der Waals surface area contributed by atoms with Crippen LogP contribution >= 0.6 is 0 Å². The first-order chi connectivity index (χ1) is 9.35. The van der Waals surface area contributed by atoms with E-state index in [0.717, 1.165) is 25.0 Å². The molecule has 3 rings (SSSR count). The summed E-state index contributed by atoms with van der Waals surface area (Å²) in [6.07, 6.45) is 4.18. The number of ether oxygens (including phenoxy) is 1. The molecule has 4 nitrogen and oxygen atoms in total. The number of nitrogens with one attached hydrogen (secondary N) is 1. The van der Waals surface area contributed by atoms with Crippen LogP contribution in [0.2, 0.25) is 0 Å². The topological polar surface area (TPSA) is 27.7 Å². The molecule has 2 heterocycles. The molecule has 0 amide bonds. The molecular formula is C15H29N3O. The molecule has 3 fully saturated rings. The first-order valence-electron chi connectivity index (χ1n) is 8.05. The molecule has 0 aromatic carbocycles. The monoisotopic (exact) mass is 267 g/mol. The Morgan fingerprint density at radius 2 is 1.84 bits per heavy atom. The second-order valence-corrected chi connectivity index (χ2v) is 6.56. The number of nitrogens with zero attached hydrogens (tertiary/aromatic N) is 2. The van der Waals surface area contributed by atoms with E-state index in [1.54, 1.807) is 0 Å². The van der Waals surface area contributed by atoms with Gasteiger partial charge in [0.15, 0.2) is 0 Å². The zero-order valence-electron chi connectivity index (χ0n) is 12.3. The molecule has 1 N–H and O–H groups in total. The van der Waals surface area contributed by atoms with Gasteiger partial charge in [0.2, 0.25) is 0 Å². The molecule has 2 unspecified atom stereocenters. The van der Waals surface area contributed by atoms with Crippen molar-refractivity contribution in [3.8, 4) is 0 Å². The van der Waals surface area contributed by atoms with Crippen molar-refractivity contribution in [2.45, 2.75) is 25.3 Å². The van der Waals surface area contributed by atoms with Crippen LogP contribution in [0, 0.1) is 11.8 Å². The summed E-state index contributed by atoms with van der Waals surface area (Å²) in [7, 11) is 2.10. The Morgan fingerprint density at radius 3 is 2.42 bits per heavy atom. The van der Waals surface area contributed by atoms with E-state index in [-0.39, 0.29) is 0 Å². The molecule has 0 radical (unpaired) electrons. The highest BCUT2D eigenvalue weighted by Crippen LogP contribution is 2.30. The summed E-state index contributed by atoms with van der Waals surface area (Å²) >= 11 is 0. The zero-order chi connectivity index (χ0) is 13.1. The van der Waals surface area contributed by atoms with Crippen LogP contribution in [0.15, 0.2) is 0 Å². The van der Waals surface area contributed by atoms with Crippen LogP contribution in [-0.4, -0.2) is 75.4 Å². The predicted octanol–water partition coefficient (Wildman–Crippen LogP) is 0.639. The van der Waals surface area contributed by atoms with Crippen molar-refractivity contribution in [1.82, 2.24) is 15.1 Å². The SMILES string of the molecule is CNC(CN1CCN(CC2CC2)CC1)C1CCOC1. The minimum absolute atomic E-state index is 0.609. The Morgan fingerprint density at radius 1 is 1.11 bits per heavy atom. The lowest BCUT2D eigenvalue weighted by Gasteiger charge is -2.37. The maximum Gasteiger partial charge on any atom is 0.0510 e. The summed E-state index contributed by atoms with van der Waals surface area (Å²) in [6.45, 7) is 9.51. The third-order valence-corrected chi connectivity index (χ3v) is 5.04. The second kappa shape index (κ2) is 6.53. The molecule has 2 atom stereocenters. The van der Waals surface area contributed by atoms with Gasteiger partial charge in [-0.1, -0.05) is 0 Å². The first kappa shape index (κ1) is 13.8. The van der Waals surface area contributed by atoms with Crippen LogP contribution in [0.1, 0.15) is 19.3 Å². The number of piperazine rings is 1. The van der Waals surface area contributed by atoms with E-state index in [1.165, 1.54) is 58.5 Å². The Hall–Kier alpha value is -0.160. The van der Waals surface area contributed by atoms with Crippen LogP contribution in [0.25, 0.3) is 0 Å². The molecule has 4 heteroatoms. The van der Waals surface area contributed by atoms with Crippen LogP contribution < -0.4 is 5.32 Å². The standard InChI is InChI=1S/C15H29N3O/c1-16-15(14-4-9-19-12-14)11-18-7-5-17(6-8-18)10-13-2-3-13/h13-16H,2-12H2,1H3. The highest BCUT2D eigenvalue weighted by atomic mass is 16.5. The summed E-state index contributed by atoms with van der Waals surface area (Å²) in [4.78, 5) is 5.31. The molecule has 3 aliphatic rings. The number of hydrogen-bond donors (Lipinski definition) is 1. The Kier molecular flexibility index (Phi) is 4.74. The molecule has 0 bridgehead atoms. The minimum atomic E-state index is 0.609. The molecule has 2 aliphatic heterocycles. The van der Waals surface area contributed by atoms with Crippen molar-refractivity contribution in [1.29, 1.82) is 0 Å². The van der Waals surface area contributed by atoms with Gasteiger partial charge in [-0.15, -0.1) is 0 Å². The van der Waals surface area contributed by atoms with Gasteiger partial charge in [-0.3, -0.25) is 4.90 Å². The maximum absolute atomic E-state index is 5.53. The fourth-order valence-electron chi connectivity index (χ4n) is 3.44. The normalized spacial score (nSPS) is 31.7. The van der Waals surface area contributed by atoms with Crippen molar-refractivity contribution in [3.05, 3.63) is 0 Å². The van der Waals surface area contributed by atoms with Crippen LogP contribution in [0.4, 0.5) is 0 Å². The molecular weight excluding hydrogens is 238 g/mol. The van der Waals surface area contributed by atoms with Gasteiger partial charge < -0.3 is 15.0 Å². The largest absolute Gasteiger partial charge is 0.381 e. The van der Waals surface area contributed by atoms with E-state index in [0.29, 0.717) is 6.04 Å². The number of likely N-dealkylation sites (N-methyl/N-ethyl adjacent to an activating group) is 1. The fourth-order valence-corrected chi connectivity index (χ4v) is 3.44. The van der Waals surface area contributed by atoms with Gasteiger partial charge in [0, 0.05) is 57.8 Å². The lowest BCUT2D eigenvalue weighted by Crippen LogP contribution is -2.52. The van der Waals surface area contributed by atoms with Crippen LogP contribution in [0.5, 0.6) is 0 Å². The minimum Gasteiger partial charge on any atom is -0.381 e.